The molecule has 1 aliphatic rings. The van der Waals surface area contributed by atoms with Crippen LogP contribution in [0.15, 0.2) is 48.5 Å². The fraction of sp³-hybridized carbons (Fsp3) is 0.381. The van der Waals surface area contributed by atoms with E-state index in [9.17, 15) is 4.79 Å². The van der Waals surface area contributed by atoms with Crippen LogP contribution in [0.2, 0.25) is 0 Å². The van der Waals surface area contributed by atoms with Gasteiger partial charge in [-0.25, -0.2) is 0 Å². The molecular formula is C21H25NO2. The summed E-state index contributed by atoms with van der Waals surface area (Å²) in [6, 6.07) is 15.9. The average molecular weight is 323 g/mol. The van der Waals surface area contributed by atoms with Crippen molar-refractivity contribution in [3.05, 3.63) is 65.2 Å². The van der Waals surface area contributed by atoms with Crippen LogP contribution in [0.4, 0.5) is 0 Å². The Morgan fingerprint density at radius 2 is 1.88 bits per heavy atom. The van der Waals surface area contributed by atoms with Gasteiger partial charge >= 0.3 is 0 Å². The van der Waals surface area contributed by atoms with Gasteiger partial charge in [-0.2, -0.15) is 0 Å². The maximum Gasteiger partial charge on any atom is 0.251 e. The molecule has 2 aromatic carbocycles. The number of rotatable bonds is 5. The molecule has 3 heteroatoms. The molecule has 1 fully saturated rings. The molecule has 1 N–H and O–H groups in total. The number of para-hydroxylation sites is 1. The third-order valence-electron chi connectivity index (χ3n) is 5.11. The average Bonchev–Trinajstić information content (AvgIpc) is 3.09. The molecule has 24 heavy (non-hydrogen) atoms. The quantitative estimate of drug-likeness (QED) is 0.893. The highest BCUT2D eigenvalue weighted by molar-refractivity contribution is 5.94. The van der Waals surface area contributed by atoms with Gasteiger partial charge in [0.05, 0.1) is 7.11 Å². The largest absolute Gasteiger partial charge is 0.496 e. The molecule has 126 valence electrons. The summed E-state index contributed by atoms with van der Waals surface area (Å²) in [6.07, 6.45) is 4.56. The van der Waals surface area contributed by atoms with Crippen LogP contribution >= 0.6 is 0 Å². The number of nitrogens with one attached hydrogen (secondary N) is 1. The third kappa shape index (κ3) is 3.30. The predicted molar refractivity (Wildman–Crippen MR) is 96.7 cm³/mol. The first-order valence-corrected chi connectivity index (χ1v) is 8.63. The lowest BCUT2D eigenvalue weighted by Gasteiger charge is -2.31. The number of methoxy groups -OCH3 is 1. The summed E-state index contributed by atoms with van der Waals surface area (Å²) in [5, 5.41) is 3.16. The summed E-state index contributed by atoms with van der Waals surface area (Å²) in [6.45, 7) is 2.66. The number of carbonyl (C=O) groups is 1. The summed E-state index contributed by atoms with van der Waals surface area (Å²) in [4.78, 5) is 12.5. The van der Waals surface area contributed by atoms with Crippen molar-refractivity contribution in [2.24, 2.45) is 0 Å². The molecule has 0 saturated heterocycles. The van der Waals surface area contributed by atoms with Crippen LogP contribution in [-0.4, -0.2) is 19.6 Å². The van der Waals surface area contributed by atoms with Crippen LogP contribution in [0.5, 0.6) is 5.75 Å². The molecule has 3 nitrogen and oxygen atoms in total. The minimum Gasteiger partial charge on any atom is -0.496 e. The van der Waals surface area contributed by atoms with Gasteiger partial charge in [0.2, 0.25) is 0 Å². The van der Waals surface area contributed by atoms with Crippen molar-refractivity contribution in [2.45, 2.75) is 38.0 Å². The number of hydrogen-bond acceptors (Lipinski definition) is 2. The van der Waals surface area contributed by atoms with E-state index in [-0.39, 0.29) is 11.3 Å². The molecule has 0 heterocycles. The van der Waals surface area contributed by atoms with Gasteiger partial charge in [-0.3, -0.25) is 4.79 Å². The fourth-order valence-corrected chi connectivity index (χ4v) is 3.81. The lowest BCUT2D eigenvalue weighted by atomic mass is 9.78. The predicted octanol–water partition coefficient (Wildman–Crippen LogP) is 4.25. The van der Waals surface area contributed by atoms with E-state index in [1.165, 1.54) is 18.4 Å². The molecule has 1 saturated carbocycles. The second-order valence-electron chi connectivity index (χ2n) is 6.74. The van der Waals surface area contributed by atoms with Crippen molar-refractivity contribution in [3.8, 4) is 5.75 Å². The topological polar surface area (TPSA) is 38.3 Å². The highest BCUT2D eigenvalue weighted by Gasteiger charge is 2.38. The Balaban J connectivity index is 1.81. The van der Waals surface area contributed by atoms with Gasteiger partial charge in [0.1, 0.15) is 5.75 Å². The van der Waals surface area contributed by atoms with E-state index in [2.05, 4.69) is 17.4 Å². The second kappa shape index (κ2) is 7.08. The number of amides is 1. The number of aryl methyl sites for hydroxylation is 1. The minimum atomic E-state index is -0.0217. The molecule has 1 aliphatic carbocycles. The van der Waals surface area contributed by atoms with E-state index in [1.807, 2.05) is 43.3 Å². The standard InChI is InChI=1S/C21H25NO2/c1-16-8-7-9-17(14-16)20(23)22-15-21(12-5-6-13-21)18-10-3-4-11-19(18)24-2/h3-4,7-11,14H,5-6,12-13,15H2,1-2H3,(H,22,23). The van der Waals surface area contributed by atoms with Crippen molar-refractivity contribution in [2.75, 3.05) is 13.7 Å². The van der Waals surface area contributed by atoms with Gasteiger partial charge in [0, 0.05) is 23.1 Å². The van der Waals surface area contributed by atoms with Crippen molar-refractivity contribution >= 4 is 5.91 Å². The highest BCUT2D eigenvalue weighted by Crippen LogP contribution is 2.44. The normalized spacial score (nSPS) is 15.9. The van der Waals surface area contributed by atoms with Crippen LogP contribution in [0.3, 0.4) is 0 Å². The molecule has 0 aliphatic heterocycles. The third-order valence-corrected chi connectivity index (χ3v) is 5.11. The van der Waals surface area contributed by atoms with Crippen LogP contribution in [0.25, 0.3) is 0 Å². The van der Waals surface area contributed by atoms with Crippen LogP contribution < -0.4 is 10.1 Å². The van der Waals surface area contributed by atoms with Gasteiger partial charge in [0.15, 0.2) is 0 Å². The van der Waals surface area contributed by atoms with Crippen LogP contribution in [0, 0.1) is 6.92 Å². The molecule has 0 aromatic heterocycles. The number of benzene rings is 2. The van der Waals surface area contributed by atoms with Gasteiger partial charge in [-0.15, -0.1) is 0 Å². The van der Waals surface area contributed by atoms with Gasteiger partial charge < -0.3 is 10.1 Å². The zero-order valence-corrected chi connectivity index (χ0v) is 14.5. The lowest BCUT2D eigenvalue weighted by molar-refractivity contribution is 0.0942. The smallest absolute Gasteiger partial charge is 0.251 e. The van der Waals surface area contributed by atoms with E-state index in [1.54, 1.807) is 7.11 Å². The van der Waals surface area contributed by atoms with Crippen LogP contribution in [0.1, 0.15) is 47.2 Å². The Morgan fingerprint density at radius 3 is 2.58 bits per heavy atom. The summed E-state index contributed by atoms with van der Waals surface area (Å²) < 4.78 is 5.58. The summed E-state index contributed by atoms with van der Waals surface area (Å²) in [7, 11) is 1.72. The Hall–Kier alpha value is -2.29. The van der Waals surface area contributed by atoms with E-state index in [0.29, 0.717) is 6.54 Å². The fourth-order valence-electron chi connectivity index (χ4n) is 3.81. The van der Waals surface area contributed by atoms with E-state index >= 15 is 0 Å². The van der Waals surface area contributed by atoms with Crippen molar-refractivity contribution in [3.63, 3.8) is 0 Å². The molecular weight excluding hydrogens is 298 g/mol. The number of carbonyl (C=O) groups excluding carboxylic acids is 1. The lowest BCUT2D eigenvalue weighted by Crippen LogP contribution is -2.39. The Bertz CT molecular complexity index is 717. The molecule has 0 atom stereocenters. The van der Waals surface area contributed by atoms with Gasteiger partial charge in [-0.1, -0.05) is 48.7 Å². The molecule has 2 aromatic rings. The van der Waals surface area contributed by atoms with Crippen molar-refractivity contribution in [1.82, 2.24) is 5.32 Å². The molecule has 1 amide bonds. The molecule has 0 bridgehead atoms. The maximum absolute atomic E-state index is 12.5. The number of ether oxygens (including phenoxy) is 1. The Morgan fingerprint density at radius 1 is 1.12 bits per heavy atom. The van der Waals surface area contributed by atoms with Crippen molar-refractivity contribution < 1.29 is 9.53 Å². The SMILES string of the molecule is COc1ccccc1C1(CNC(=O)c2cccc(C)c2)CCCC1. The Labute approximate surface area is 144 Å². The van der Waals surface area contributed by atoms with Crippen LogP contribution in [-0.2, 0) is 5.41 Å². The van der Waals surface area contributed by atoms with E-state index < -0.39 is 0 Å². The first-order valence-electron chi connectivity index (χ1n) is 8.63. The summed E-state index contributed by atoms with van der Waals surface area (Å²) >= 11 is 0. The Kier molecular flexibility index (Phi) is 4.89. The van der Waals surface area contributed by atoms with E-state index in [0.717, 1.165) is 29.7 Å². The zero-order chi connectivity index (χ0) is 17.0. The second-order valence-corrected chi connectivity index (χ2v) is 6.74. The van der Waals surface area contributed by atoms with Crippen molar-refractivity contribution in [1.29, 1.82) is 0 Å². The first kappa shape index (κ1) is 16.6. The van der Waals surface area contributed by atoms with Gasteiger partial charge in [-0.05, 0) is 38.0 Å². The number of hydrogen-bond donors (Lipinski definition) is 1. The summed E-state index contributed by atoms with van der Waals surface area (Å²) in [5.41, 5.74) is 3.02. The summed E-state index contributed by atoms with van der Waals surface area (Å²) in [5.74, 6) is 0.920. The monoisotopic (exact) mass is 323 g/mol. The zero-order valence-electron chi connectivity index (χ0n) is 14.5. The molecule has 3 rings (SSSR count). The minimum absolute atomic E-state index is 0.000118. The highest BCUT2D eigenvalue weighted by atomic mass is 16.5. The molecule has 0 spiro atoms. The first-order chi connectivity index (χ1) is 11.6. The van der Waals surface area contributed by atoms with Gasteiger partial charge in [0.25, 0.3) is 5.91 Å². The molecule has 0 unspecified atom stereocenters. The maximum atomic E-state index is 12.5. The van der Waals surface area contributed by atoms with E-state index in [4.69, 9.17) is 4.74 Å². The molecule has 0 radical (unpaired) electrons.